The van der Waals surface area contributed by atoms with Crippen LogP contribution in [0.5, 0.6) is 5.75 Å². The van der Waals surface area contributed by atoms with Crippen LogP contribution in [0, 0.1) is 0 Å². The van der Waals surface area contributed by atoms with E-state index in [4.69, 9.17) is 9.47 Å². The van der Waals surface area contributed by atoms with Gasteiger partial charge in [-0.15, -0.1) is 0 Å². The molecule has 3 aromatic rings. The molecule has 150 valence electrons. The van der Waals surface area contributed by atoms with Crippen LogP contribution >= 0.6 is 0 Å². The fourth-order valence-electron chi connectivity index (χ4n) is 3.58. The highest BCUT2D eigenvalue weighted by atomic mass is 16.5. The van der Waals surface area contributed by atoms with Gasteiger partial charge in [-0.05, 0) is 43.9 Å². The van der Waals surface area contributed by atoms with Gasteiger partial charge in [0.15, 0.2) is 0 Å². The number of para-hydroxylation sites is 2. The molecule has 29 heavy (non-hydrogen) atoms. The van der Waals surface area contributed by atoms with Gasteiger partial charge in [-0.25, -0.2) is 9.97 Å². The van der Waals surface area contributed by atoms with Crippen molar-refractivity contribution in [2.45, 2.75) is 26.2 Å². The molecule has 2 aromatic heterocycles. The maximum Gasteiger partial charge on any atom is 0.258 e. The summed E-state index contributed by atoms with van der Waals surface area (Å²) in [6.45, 7) is 3.51. The van der Waals surface area contributed by atoms with E-state index in [0.29, 0.717) is 36.8 Å². The molecule has 0 saturated carbocycles. The van der Waals surface area contributed by atoms with Crippen molar-refractivity contribution in [3.63, 3.8) is 0 Å². The Balaban J connectivity index is 1.59. The van der Waals surface area contributed by atoms with Crippen LogP contribution in [0.2, 0.25) is 0 Å². The normalized spacial score (nSPS) is 12.6. The molecule has 0 aliphatic heterocycles. The first kappa shape index (κ1) is 19.1. The largest absolute Gasteiger partial charge is 0.489 e. The Morgan fingerprint density at radius 3 is 3.03 bits per heavy atom. The molecule has 0 spiro atoms. The van der Waals surface area contributed by atoms with E-state index in [-0.39, 0.29) is 5.91 Å². The van der Waals surface area contributed by atoms with Gasteiger partial charge >= 0.3 is 0 Å². The standard InChI is InChI=1S/C22H24N4O3/c1-2-28-10-11-29-19-9-4-3-7-17(19)26-22(27)16-13-24-18-8-5-6-15-12-23-14-25-21(15)20(16)18/h3-4,7,9,12-14,24H,2,5-6,8,10-11H2,1H3,(H,26,27). The average molecular weight is 392 g/mol. The van der Waals surface area contributed by atoms with Gasteiger partial charge in [0, 0.05) is 30.3 Å². The Bertz CT molecular complexity index is 999. The molecule has 1 aliphatic rings. The number of benzene rings is 1. The van der Waals surface area contributed by atoms with Crippen molar-refractivity contribution >= 4 is 11.6 Å². The summed E-state index contributed by atoms with van der Waals surface area (Å²) in [7, 11) is 0. The lowest BCUT2D eigenvalue weighted by Crippen LogP contribution is -2.14. The molecule has 0 saturated heterocycles. The number of carbonyl (C=O) groups excluding carboxylic acids is 1. The quantitative estimate of drug-likeness (QED) is 0.600. The second kappa shape index (κ2) is 8.87. The number of hydrogen-bond acceptors (Lipinski definition) is 5. The number of ether oxygens (including phenoxy) is 2. The summed E-state index contributed by atoms with van der Waals surface area (Å²) in [6.07, 6.45) is 7.89. The fourth-order valence-corrected chi connectivity index (χ4v) is 3.58. The number of H-pyrrole nitrogens is 1. The lowest BCUT2D eigenvalue weighted by Gasteiger charge is -2.13. The van der Waals surface area contributed by atoms with Crippen molar-refractivity contribution in [2.75, 3.05) is 25.1 Å². The third-order valence-corrected chi connectivity index (χ3v) is 4.93. The van der Waals surface area contributed by atoms with Gasteiger partial charge in [0.05, 0.1) is 23.6 Å². The van der Waals surface area contributed by atoms with Crippen molar-refractivity contribution in [1.82, 2.24) is 15.0 Å². The fraction of sp³-hybridized carbons (Fsp3) is 0.318. The van der Waals surface area contributed by atoms with Gasteiger partial charge < -0.3 is 19.8 Å². The van der Waals surface area contributed by atoms with Crippen molar-refractivity contribution in [3.8, 4) is 17.0 Å². The molecule has 1 aliphatic carbocycles. The summed E-state index contributed by atoms with van der Waals surface area (Å²) in [5, 5.41) is 2.99. The molecule has 0 unspecified atom stereocenters. The highest BCUT2D eigenvalue weighted by Crippen LogP contribution is 2.34. The van der Waals surface area contributed by atoms with Crippen LogP contribution in [0.25, 0.3) is 11.3 Å². The van der Waals surface area contributed by atoms with Crippen LogP contribution in [0.4, 0.5) is 5.69 Å². The maximum absolute atomic E-state index is 13.1. The van der Waals surface area contributed by atoms with Gasteiger partial charge in [0.1, 0.15) is 18.7 Å². The van der Waals surface area contributed by atoms with Crippen LogP contribution in [0.1, 0.15) is 35.0 Å². The van der Waals surface area contributed by atoms with Crippen LogP contribution in [-0.4, -0.2) is 40.7 Å². The summed E-state index contributed by atoms with van der Waals surface area (Å²) in [5.41, 5.74) is 5.01. The number of nitrogens with one attached hydrogen (secondary N) is 2. The molecule has 1 amide bonds. The molecule has 2 N–H and O–H groups in total. The number of amides is 1. The number of aryl methyl sites for hydroxylation is 2. The number of nitrogens with zero attached hydrogens (tertiary/aromatic N) is 2. The number of carbonyl (C=O) groups is 1. The van der Waals surface area contributed by atoms with Crippen LogP contribution in [0.3, 0.4) is 0 Å². The smallest absolute Gasteiger partial charge is 0.258 e. The molecule has 4 rings (SSSR count). The summed E-state index contributed by atoms with van der Waals surface area (Å²) in [4.78, 5) is 25.0. The van der Waals surface area contributed by atoms with Crippen molar-refractivity contribution in [2.24, 2.45) is 0 Å². The summed E-state index contributed by atoms with van der Waals surface area (Å²) in [5.74, 6) is 0.416. The maximum atomic E-state index is 13.1. The van der Waals surface area contributed by atoms with Gasteiger partial charge in [0.25, 0.3) is 5.91 Å². The van der Waals surface area contributed by atoms with Gasteiger partial charge in [-0.3, -0.25) is 4.79 Å². The average Bonchev–Trinajstić information content (AvgIpc) is 3.08. The summed E-state index contributed by atoms with van der Waals surface area (Å²) >= 11 is 0. The second-order valence-electron chi connectivity index (χ2n) is 6.80. The van der Waals surface area contributed by atoms with E-state index in [9.17, 15) is 4.79 Å². The lowest BCUT2D eigenvalue weighted by atomic mass is 10.0. The van der Waals surface area contributed by atoms with E-state index in [1.807, 2.05) is 37.4 Å². The third-order valence-electron chi connectivity index (χ3n) is 4.93. The SMILES string of the molecule is CCOCCOc1ccccc1NC(=O)c1c[nH]c2c1-c1ncncc1CCC2. The zero-order valence-electron chi connectivity index (χ0n) is 16.4. The molecular weight excluding hydrogens is 368 g/mol. The topological polar surface area (TPSA) is 89.1 Å². The van der Waals surface area contributed by atoms with Crippen LogP contribution < -0.4 is 10.1 Å². The highest BCUT2D eigenvalue weighted by Gasteiger charge is 2.24. The minimum absolute atomic E-state index is 0.199. The molecule has 0 radical (unpaired) electrons. The lowest BCUT2D eigenvalue weighted by molar-refractivity contribution is 0.102. The number of hydrogen-bond donors (Lipinski definition) is 2. The third kappa shape index (κ3) is 4.14. The molecule has 0 fully saturated rings. The Morgan fingerprint density at radius 1 is 1.24 bits per heavy atom. The number of aromatic amines is 1. The first-order chi connectivity index (χ1) is 14.3. The van der Waals surface area contributed by atoms with Gasteiger partial charge in [0.2, 0.25) is 0 Å². The van der Waals surface area contributed by atoms with Crippen molar-refractivity contribution in [3.05, 3.63) is 59.8 Å². The van der Waals surface area contributed by atoms with Crippen molar-refractivity contribution in [1.29, 1.82) is 0 Å². The molecule has 1 aromatic carbocycles. The van der Waals surface area contributed by atoms with Crippen molar-refractivity contribution < 1.29 is 14.3 Å². The van der Waals surface area contributed by atoms with Gasteiger partial charge in [-0.1, -0.05) is 12.1 Å². The number of aromatic nitrogens is 3. The number of fused-ring (bicyclic) bond motifs is 3. The first-order valence-electron chi connectivity index (χ1n) is 9.88. The van der Waals surface area contributed by atoms with E-state index in [1.54, 1.807) is 6.20 Å². The molecule has 0 bridgehead atoms. The highest BCUT2D eigenvalue weighted by molar-refractivity contribution is 6.09. The minimum atomic E-state index is -0.199. The van der Waals surface area contributed by atoms with E-state index in [0.717, 1.165) is 41.8 Å². The first-order valence-corrected chi connectivity index (χ1v) is 9.88. The minimum Gasteiger partial charge on any atom is -0.489 e. The Kier molecular flexibility index (Phi) is 5.86. The number of rotatable bonds is 7. The zero-order valence-corrected chi connectivity index (χ0v) is 16.4. The van der Waals surface area contributed by atoms with E-state index in [1.165, 1.54) is 6.33 Å². The van der Waals surface area contributed by atoms with E-state index in [2.05, 4.69) is 20.3 Å². The van der Waals surface area contributed by atoms with E-state index < -0.39 is 0 Å². The van der Waals surface area contributed by atoms with Crippen LogP contribution in [0.15, 0.2) is 43.0 Å². The summed E-state index contributed by atoms with van der Waals surface area (Å²) < 4.78 is 11.1. The second-order valence-corrected chi connectivity index (χ2v) is 6.80. The Hall–Kier alpha value is -3.19. The Morgan fingerprint density at radius 2 is 2.14 bits per heavy atom. The zero-order chi connectivity index (χ0) is 20.1. The molecule has 0 atom stereocenters. The van der Waals surface area contributed by atoms with Gasteiger partial charge in [-0.2, -0.15) is 0 Å². The number of anilines is 1. The van der Waals surface area contributed by atoms with Crippen LogP contribution in [-0.2, 0) is 17.6 Å². The molecule has 7 nitrogen and oxygen atoms in total. The molecule has 7 heteroatoms. The molecule has 2 heterocycles. The predicted molar refractivity (Wildman–Crippen MR) is 110 cm³/mol. The van der Waals surface area contributed by atoms with E-state index >= 15 is 0 Å². The Labute approximate surface area is 169 Å². The molecular formula is C22H24N4O3. The monoisotopic (exact) mass is 392 g/mol. The summed E-state index contributed by atoms with van der Waals surface area (Å²) in [6, 6.07) is 7.41. The predicted octanol–water partition coefficient (Wildman–Crippen LogP) is 3.63.